The first-order chi connectivity index (χ1) is 7.95. The molecule has 0 bridgehead atoms. The van der Waals surface area contributed by atoms with E-state index in [1.807, 2.05) is 30.3 Å². The van der Waals surface area contributed by atoms with Crippen LogP contribution in [0.4, 0.5) is 0 Å². The molecule has 0 saturated heterocycles. The molecule has 2 rings (SSSR count). The Bertz CT molecular complexity index is 321. The molecule has 0 aromatic heterocycles. The van der Waals surface area contributed by atoms with Gasteiger partial charge in [-0.2, -0.15) is 0 Å². The van der Waals surface area contributed by atoms with Crippen LogP contribution in [0.5, 0.6) is 5.75 Å². The Kier molecular flexibility index (Phi) is 4.44. The van der Waals surface area contributed by atoms with Gasteiger partial charge in [-0.25, -0.2) is 0 Å². The number of benzene rings is 1. The second-order valence-electron chi connectivity index (χ2n) is 4.08. The molecule has 1 aromatic rings. The Hall–Kier alpha value is -1.28. The minimum Gasteiger partial charge on any atom is -0.492 e. The van der Waals surface area contributed by atoms with Crippen LogP contribution in [-0.2, 0) is 0 Å². The molecule has 2 heteroatoms. The van der Waals surface area contributed by atoms with Crippen molar-refractivity contribution in [2.75, 3.05) is 26.2 Å². The van der Waals surface area contributed by atoms with Gasteiger partial charge in [-0.1, -0.05) is 30.4 Å². The highest BCUT2D eigenvalue weighted by molar-refractivity contribution is 5.20. The molecule has 0 amide bonds. The first-order valence-corrected chi connectivity index (χ1v) is 6.00. The monoisotopic (exact) mass is 217 g/mol. The third-order valence-electron chi connectivity index (χ3n) is 2.79. The summed E-state index contributed by atoms with van der Waals surface area (Å²) in [4.78, 5) is 2.44. The second kappa shape index (κ2) is 6.33. The van der Waals surface area contributed by atoms with Gasteiger partial charge in [0, 0.05) is 13.1 Å². The molecule has 0 saturated carbocycles. The zero-order valence-electron chi connectivity index (χ0n) is 9.64. The Morgan fingerprint density at radius 3 is 2.88 bits per heavy atom. The summed E-state index contributed by atoms with van der Waals surface area (Å²) in [6.45, 7) is 4.04. The van der Waals surface area contributed by atoms with Crippen LogP contribution < -0.4 is 4.74 Å². The maximum atomic E-state index is 5.68. The van der Waals surface area contributed by atoms with Crippen LogP contribution in [-0.4, -0.2) is 31.1 Å². The third-order valence-corrected chi connectivity index (χ3v) is 2.79. The molecule has 0 spiro atoms. The van der Waals surface area contributed by atoms with Crippen molar-refractivity contribution < 1.29 is 4.74 Å². The largest absolute Gasteiger partial charge is 0.492 e. The molecule has 0 radical (unpaired) electrons. The van der Waals surface area contributed by atoms with Gasteiger partial charge in [-0.05, 0) is 31.5 Å². The summed E-state index contributed by atoms with van der Waals surface area (Å²) >= 11 is 0. The van der Waals surface area contributed by atoms with Crippen LogP contribution in [0.1, 0.15) is 12.8 Å². The molecule has 0 N–H and O–H groups in total. The highest BCUT2D eigenvalue weighted by Gasteiger charge is 2.04. The summed E-state index contributed by atoms with van der Waals surface area (Å²) in [5.41, 5.74) is 0. The van der Waals surface area contributed by atoms with Crippen LogP contribution >= 0.6 is 0 Å². The van der Waals surface area contributed by atoms with E-state index >= 15 is 0 Å². The standard InChI is InChI=1S/C14H19NO/c1-2-7-11-15(10-6-1)12-13-16-14-8-4-3-5-9-14/h1,3-6,8-9H,2,7,10-13H2. The predicted octanol–water partition coefficient (Wildman–Crippen LogP) is 2.72. The van der Waals surface area contributed by atoms with E-state index in [2.05, 4.69) is 17.1 Å². The minimum atomic E-state index is 0.776. The van der Waals surface area contributed by atoms with Gasteiger partial charge in [0.15, 0.2) is 0 Å². The molecule has 2 nitrogen and oxygen atoms in total. The van der Waals surface area contributed by atoms with Crippen LogP contribution in [0.25, 0.3) is 0 Å². The average Bonchev–Trinajstić information content (AvgIpc) is 2.59. The summed E-state index contributed by atoms with van der Waals surface area (Å²) < 4.78 is 5.68. The lowest BCUT2D eigenvalue weighted by Crippen LogP contribution is -2.28. The molecular weight excluding hydrogens is 198 g/mol. The Morgan fingerprint density at radius 2 is 2.00 bits per heavy atom. The van der Waals surface area contributed by atoms with Crippen molar-refractivity contribution in [1.82, 2.24) is 4.90 Å². The smallest absolute Gasteiger partial charge is 0.119 e. The van der Waals surface area contributed by atoms with E-state index in [0.717, 1.165) is 25.4 Å². The summed E-state index contributed by atoms with van der Waals surface area (Å²) in [6.07, 6.45) is 7.02. The molecule has 0 unspecified atom stereocenters. The Balaban J connectivity index is 1.69. The fourth-order valence-corrected chi connectivity index (χ4v) is 1.88. The molecular formula is C14H19NO. The van der Waals surface area contributed by atoms with Crippen LogP contribution in [0.15, 0.2) is 42.5 Å². The number of hydrogen-bond donors (Lipinski definition) is 0. The number of para-hydroxylation sites is 1. The minimum absolute atomic E-state index is 0.776. The number of nitrogens with zero attached hydrogens (tertiary/aromatic N) is 1. The zero-order valence-corrected chi connectivity index (χ0v) is 9.64. The molecule has 86 valence electrons. The number of ether oxygens (including phenoxy) is 1. The number of rotatable bonds is 4. The Morgan fingerprint density at radius 1 is 1.12 bits per heavy atom. The fraction of sp³-hybridized carbons (Fsp3) is 0.429. The van der Waals surface area contributed by atoms with Crippen molar-refractivity contribution in [3.05, 3.63) is 42.5 Å². The molecule has 1 heterocycles. The van der Waals surface area contributed by atoms with Gasteiger partial charge >= 0.3 is 0 Å². The van der Waals surface area contributed by atoms with Gasteiger partial charge in [0.1, 0.15) is 12.4 Å². The normalized spacial score (nSPS) is 17.0. The summed E-state index contributed by atoms with van der Waals surface area (Å²) in [5, 5.41) is 0. The summed E-state index contributed by atoms with van der Waals surface area (Å²) in [6, 6.07) is 10.0. The lowest BCUT2D eigenvalue weighted by atomic mass is 10.3. The average molecular weight is 217 g/mol. The summed E-state index contributed by atoms with van der Waals surface area (Å²) in [7, 11) is 0. The van der Waals surface area contributed by atoms with Crippen molar-refractivity contribution in [1.29, 1.82) is 0 Å². The van der Waals surface area contributed by atoms with Gasteiger partial charge in [0.05, 0.1) is 0 Å². The van der Waals surface area contributed by atoms with Crippen molar-refractivity contribution in [3.8, 4) is 5.75 Å². The van der Waals surface area contributed by atoms with Gasteiger partial charge in [0.25, 0.3) is 0 Å². The lowest BCUT2D eigenvalue weighted by molar-refractivity contribution is 0.224. The topological polar surface area (TPSA) is 12.5 Å². The van der Waals surface area contributed by atoms with Crippen LogP contribution in [0.2, 0.25) is 0 Å². The van der Waals surface area contributed by atoms with Crippen molar-refractivity contribution in [3.63, 3.8) is 0 Å². The number of hydrogen-bond acceptors (Lipinski definition) is 2. The molecule has 1 aromatic carbocycles. The van der Waals surface area contributed by atoms with Crippen molar-refractivity contribution in [2.24, 2.45) is 0 Å². The van der Waals surface area contributed by atoms with E-state index in [9.17, 15) is 0 Å². The molecule has 0 aliphatic carbocycles. The van der Waals surface area contributed by atoms with Gasteiger partial charge in [-0.15, -0.1) is 0 Å². The van der Waals surface area contributed by atoms with Gasteiger partial charge in [-0.3, -0.25) is 4.90 Å². The first kappa shape index (κ1) is 11.2. The SMILES string of the molecule is C1=CCN(CCOc2ccccc2)CCC1. The first-order valence-electron chi connectivity index (χ1n) is 6.00. The quantitative estimate of drug-likeness (QED) is 0.719. The molecule has 1 aliphatic heterocycles. The van der Waals surface area contributed by atoms with E-state index in [1.54, 1.807) is 0 Å². The molecule has 16 heavy (non-hydrogen) atoms. The fourth-order valence-electron chi connectivity index (χ4n) is 1.88. The van der Waals surface area contributed by atoms with Crippen molar-refractivity contribution in [2.45, 2.75) is 12.8 Å². The van der Waals surface area contributed by atoms with Gasteiger partial charge in [0.2, 0.25) is 0 Å². The number of allylic oxidation sites excluding steroid dienone is 1. The van der Waals surface area contributed by atoms with E-state index < -0.39 is 0 Å². The predicted molar refractivity (Wildman–Crippen MR) is 66.8 cm³/mol. The maximum Gasteiger partial charge on any atom is 0.119 e. The Labute approximate surface area is 97.5 Å². The summed E-state index contributed by atoms with van der Waals surface area (Å²) in [5.74, 6) is 0.966. The van der Waals surface area contributed by atoms with Gasteiger partial charge < -0.3 is 4.74 Å². The highest BCUT2D eigenvalue weighted by Crippen LogP contribution is 2.08. The van der Waals surface area contributed by atoms with E-state index in [0.29, 0.717) is 0 Å². The lowest BCUT2D eigenvalue weighted by Gasteiger charge is -2.19. The third kappa shape index (κ3) is 3.70. The van der Waals surface area contributed by atoms with Crippen molar-refractivity contribution >= 4 is 0 Å². The second-order valence-corrected chi connectivity index (χ2v) is 4.08. The molecule has 0 fully saturated rings. The maximum absolute atomic E-state index is 5.68. The zero-order chi connectivity index (χ0) is 11.1. The molecule has 1 aliphatic rings. The van der Waals surface area contributed by atoms with E-state index in [-0.39, 0.29) is 0 Å². The van der Waals surface area contributed by atoms with Crippen LogP contribution in [0.3, 0.4) is 0 Å². The highest BCUT2D eigenvalue weighted by atomic mass is 16.5. The van der Waals surface area contributed by atoms with E-state index in [4.69, 9.17) is 4.74 Å². The van der Waals surface area contributed by atoms with E-state index in [1.165, 1.54) is 19.4 Å². The molecule has 0 atom stereocenters. The van der Waals surface area contributed by atoms with Crippen LogP contribution in [0, 0.1) is 0 Å².